The zero-order valence-electron chi connectivity index (χ0n) is 12.0. The third-order valence-electron chi connectivity index (χ3n) is 3.47. The summed E-state index contributed by atoms with van der Waals surface area (Å²) in [4.78, 5) is 4.77. The summed E-state index contributed by atoms with van der Waals surface area (Å²) in [6.45, 7) is 4.25. The molecule has 1 aromatic heterocycles. The summed E-state index contributed by atoms with van der Waals surface area (Å²) >= 11 is 8.28. The zero-order chi connectivity index (χ0) is 15.0. The van der Waals surface area contributed by atoms with E-state index in [1.54, 1.807) is 0 Å². The van der Waals surface area contributed by atoms with Crippen molar-refractivity contribution in [2.24, 2.45) is 0 Å². The van der Waals surface area contributed by atoms with Gasteiger partial charge < -0.3 is 0 Å². The zero-order valence-corrected chi connectivity index (χ0v) is 14.9. The largest absolute Gasteiger partial charge is 0.296 e. The normalized spacial score (nSPS) is 11.2. The van der Waals surface area contributed by atoms with E-state index in [1.807, 2.05) is 0 Å². The number of benzene rings is 2. The molecule has 0 atom stereocenters. The molecule has 0 amide bonds. The van der Waals surface area contributed by atoms with Gasteiger partial charge in [0.1, 0.15) is 5.82 Å². The average Bonchev–Trinajstić information content (AvgIpc) is 2.75. The van der Waals surface area contributed by atoms with Crippen LogP contribution in [0.25, 0.3) is 16.7 Å². The van der Waals surface area contributed by atoms with E-state index in [4.69, 9.17) is 16.6 Å². The van der Waals surface area contributed by atoms with Crippen molar-refractivity contribution < 1.29 is 0 Å². The molecule has 4 heteroatoms. The van der Waals surface area contributed by atoms with Gasteiger partial charge in [0, 0.05) is 21.6 Å². The van der Waals surface area contributed by atoms with Crippen molar-refractivity contribution in [1.29, 1.82) is 0 Å². The van der Waals surface area contributed by atoms with Crippen molar-refractivity contribution in [3.05, 3.63) is 56.9 Å². The molecule has 3 aromatic rings. The Labute approximate surface area is 143 Å². The number of alkyl halides is 1. The van der Waals surface area contributed by atoms with E-state index in [9.17, 15) is 0 Å². The first kappa shape index (κ1) is 14.9. The summed E-state index contributed by atoms with van der Waals surface area (Å²) in [5, 5.41) is 0. The van der Waals surface area contributed by atoms with E-state index in [-0.39, 0.29) is 0 Å². The van der Waals surface area contributed by atoms with Crippen molar-refractivity contribution in [2.75, 3.05) is 5.88 Å². The number of aryl methyl sites for hydroxylation is 3. The minimum Gasteiger partial charge on any atom is -0.296 e. The van der Waals surface area contributed by atoms with Crippen LogP contribution in [0.4, 0.5) is 0 Å². The highest BCUT2D eigenvalue weighted by molar-refractivity contribution is 14.1. The molecule has 0 N–H and O–H groups in total. The number of imidazole rings is 1. The molecule has 2 nitrogen and oxygen atoms in total. The number of hydrogen-bond donors (Lipinski definition) is 0. The van der Waals surface area contributed by atoms with Crippen LogP contribution in [0, 0.1) is 17.4 Å². The lowest BCUT2D eigenvalue weighted by atomic mass is 10.1. The van der Waals surface area contributed by atoms with Crippen LogP contribution >= 0.6 is 34.2 Å². The van der Waals surface area contributed by atoms with Gasteiger partial charge in [0.05, 0.1) is 11.0 Å². The maximum Gasteiger partial charge on any atom is 0.115 e. The van der Waals surface area contributed by atoms with Crippen LogP contribution in [0.15, 0.2) is 36.4 Å². The molecular weight excluding hydrogens is 395 g/mol. The van der Waals surface area contributed by atoms with Crippen molar-refractivity contribution in [2.45, 2.75) is 20.3 Å². The predicted octanol–water partition coefficient (Wildman–Crippen LogP) is 5.03. The molecule has 0 spiro atoms. The number of nitrogens with zero attached hydrogens (tertiary/aromatic N) is 2. The highest BCUT2D eigenvalue weighted by Gasteiger charge is 2.13. The van der Waals surface area contributed by atoms with Crippen LogP contribution in [0.2, 0.25) is 0 Å². The maximum atomic E-state index is 5.96. The lowest BCUT2D eigenvalue weighted by molar-refractivity contribution is 0.910. The Kier molecular flexibility index (Phi) is 4.22. The fraction of sp³-hybridized carbons (Fsp3) is 0.235. The maximum absolute atomic E-state index is 5.96. The first-order valence-electron chi connectivity index (χ1n) is 6.90. The Morgan fingerprint density at radius 1 is 1.10 bits per heavy atom. The van der Waals surface area contributed by atoms with Crippen molar-refractivity contribution in [1.82, 2.24) is 9.55 Å². The monoisotopic (exact) mass is 410 g/mol. The van der Waals surface area contributed by atoms with Crippen LogP contribution in [-0.2, 0) is 6.42 Å². The molecule has 0 fully saturated rings. The second kappa shape index (κ2) is 5.97. The van der Waals surface area contributed by atoms with Gasteiger partial charge in [0.2, 0.25) is 0 Å². The molecule has 0 aliphatic carbocycles. The molecule has 0 bridgehead atoms. The third kappa shape index (κ3) is 2.94. The second-order valence-corrected chi connectivity index (χ2v) is 6.90. The molecule has 1 heterocycles. The summed E-state index contributed by atoms with van der Waals surface area (Å²) in [5.41, 5.74) is 5.85. The topological polar surface area (TPSA) is 17.8 Å². The highest BCUT2D eigenvalue weighted by Crippen LogP contribution is 2.25. The van der Waals surface area contributed by atoms with E-state index >= 15 is 0 Å². The third-order valence-corrected chi connectivity index (χ3v) is 4.33. The second-order valence-electron chi connectivity index (χ2n) is 5.28. The van der Waals surface area contributed by atoms with Crippen LogP contribution in [0.3, 0.4) is 0 Å². The number of aromatic nitrogens is 2. The van der Waals surface area contributed by atoms with Gasteiger partial charge in [0.25, 0.3) is 0 Å². The Hall–Kier alpha value is -1.07. The van der Waals surface area contributed by atoms with Gasteiger partial charge in [0.15, 0.2) is 0 Å². The van der Waals surface area contributed by atoms with Crippen molar-refractivity contribution >= 4 is 45.2 Å². The number of rotatable bonds is 3. The van der Waals surface area contributed by atoms with Crippen LogP contribution in [0.1, 0.15) is 17.0 Å². The van der Waals surface area contributed by atoms with Gasteiger partial charge in [-0.25, -0.2) is 4.98 Å². The first-order chi connectivity index (χ1) is 10.1. The molecule has 0 saturated carbocycles. The molecule has 21 heavy (non-hydrogen) atoms. The molecule has 0 aliphatic rings. The Morgan fingerprint density at radius 3 is 2.48 bits per heavy atom. The van der Waals surface area contributed by atoms with E-state index < -0.39 is 0 Å². The molecule has 3 rings (SSSR count). The van der Waals surface area contributed by atoms with E-state index in [2.05, 4.69) is 77.4 Å². The molecular formula is C17H16ClIN2. The minimum absolute atomic E-state index is 0.575. The molecule has 108 valence electrons. The SMILES string of the molecule is Cc1cc(C)cc(-n2c(CCCl)nc3cc(I)ccc32)c1. The van der Waals surface area contributed by atoms with E-state index in [1.165, 1.54) is 14.7 Å². The molecule has 0 saturated heterocycles. The van der Waals surface area contributed by atoms with Gasteiger partial charge in [-0.3, -0.25) is 4.57 Å². The first-order valence-corrected chi connectivity index (χ1v) is 8.51. The standard InChI is InChI=1S/C17H16ClIN2/c1-11-7-12(2)9-14(8-11)21-16-4-3-13(19)10-15(16)20-17(21)5-6-18/h3-4,7-10H,5-6H2,1-2H3. The summed E-state index contributed by atoms with van der Waals surface area (Å²) in [6.07, 6.45) is 0.764. The lowest BCUT2D eigenvalue weighted by Gasteiger charge is -2.11. The van der Waals surface area contributed by atoms with Crippen LogP contribution < -0.4 is 0 Å². The minimum atomic E-state index is 0.575. The van der Waals surface area contributed by atoms with Gasteiger partial charge in [-0.05, 0) is 77.9 Å². The quantitative estimate of drug-likeness (QED) is 0.437. The highest BCUT2D eigenvalue weighted by atomic mass is 127. The van der Waals surface area contributed by atoms with Crippen molar-refractivity contribution in [3.8, 4) is 5.69 Å². The number of fused-ring (bicyclic) bond motifs is 1. The van der Waals surface area contributed by atoms with Crippen molar-refractivity contribution in [3.63, 3.8) is 0 Å². The molecule has 0 radical (unpaired) electrons. The fourth-order valence-corrected chi connectivity index (χ4v) is 3.37. The van der Waals surface area contributed by atoms with Gasteiger partial charge in [-0.1, -0.05) is 6.07 Å². The van der Waals surface area contributed by atoms with E-state index in [0.717, 1.165) is 29.0 Å². The number of hydrogen-bond acceptors (Lipinski definition) is 1. The smallest absolute Gasteiger partial charge is 0.115 e. The summed E-state index contributed by atoms with van der Waals surface area (Å²) in [6, 6.07) is 13.0. The lowest BCUT2D eigenvalue weighted by Crippen LogP contribution is -2.03. The average molecular weight is 411 g/mol. The Balaban J connectivity index is 2.30. The fourth-order valence-electron chi connectivity index (χ4n) is 2.72. The predicted molar refractivity (Wildman–Crippen MR) is 97.7 cm³/mol. The van der Waals surface area contributed by atoms with Gasteiger partial charge in [-0.2, -0.15) is 0 Å². The Bertz CT molecular complexity index is 788. The summed E-state index contributed by atoms with van der Waals surface area (Å²) in [7, 11) is 0. The molecule has 0 aliphatic heterocycles. The van der Waals surface area contributed by atoms with Gasteiger partial charge >= 0.3 is 0 Å². The summed E-state index contributed by atoms with van der Waals surface area (Å²) < 4.78 is 3.43. The van der Waals surface area contributed by atoms with E-state index in [0.29, 0.717) is 5.88 Å². The summed E-state index contributed by atoms with van der Waals surface area (Å²) in [5.74, 6) is 1.59. The Morgan fingerprint density at radius 2 is 1.81 bits per heavy atom. The molecule has 2 aromatic carbocycles. The van der Waals surface area contributed by atoms with Gasteiger partial charge in [-0.15, -0.1) is 11.6 Å². The molecule has 0 unspecified atom stereocenters. The number of halogens is 2. The van der Waals surface area contributed by atoms with Crippen LogP contribution in [-0.4, -0.2) is 15.4 Å². The van der Waals surface area contributed by atoms with Crippen LogP contribution in [0.5, 0.6) is 0 Å².